The molecule has 2 heterocycles. The van der Waals surface area contributed by atoms with Crippen LogP contribution in [0, 0.1) is 69.8 Å². The van der Waals surface area contributed by atoms with E-state index in [-0.39, 0.29) is 58.9 Å². The third kappa shape index (κ3) is 14.2. The SMILES string of the molecule is COc1cc(-c2ccc(F)cc2)ccc1-n1c(=O)ccc2cc(S(=O)(=O)Oc3c(F)c(F)c(F)c(F)c3F)ccc21.COc1cc(Br)ccc1-n1c(=O)ccc2cc(S(=O)(=O)Oc3c(F)c(F)c(F)c(F)c3F)ccc21.OB(O)c1ccc(F)cc1.P.P. The minimum absolute atomic E-state index is 0. The Hall–Kier alpha value is -8.24. The van der Waals surface area contributed by atoms with Gasteiger partial charge in [-0.05, 0) is 120 Å². The Labute approximate surface area is 504 Å². The largest absolute Gasteiger partial charge is 0.495 e. The standard InChI is InChI=1S/C28H15F6NO5S.C22H11BrF5NO5S.C6H6BFO2.2H3P/c1-39-21-13-15(14-2-6-17(29)7-3-14)4-9-20(21)35-19-10-8-18(12-16(19)5-11-22(35)36)41(37,38)40-28-26(33)24(31)23(30)25(32)27(28)34;1-33-15-9-11(23)3-5-14(15)29-13-6-4-12(8-10(13)2-7-16(29)30)35(31,32)34-22-20(27)18(25)17(24)19(26)21(22)28;8-6-3-1-5(2-4-6)7(9)10;;/h2-13H,1H3;2-9H,1H3;1-4,9-10H;2*1H3. The zero-order valence-electron chi connectivity index (χ0n) is 44.4. The maximum atomic E-state index is 14.0. The van der Waals surface area contributed by atoms with Gasteiger partial charge >= 0.3 is 27.4 Å². The minimum Gasteiger partial charge on any atom is -0.495 e. The van der Waals surface area contributed by atoms with Crippen LogP contribution in [0.25, 0.3) is 44.3 Å². The lowest BCUT2D eigenvalue weighted by Crippen LogP contribution is -2.29. The molecule has 10 aromatic rings. The Morgan fingerprint density at radius 2 is 0.773 bits per heavy atom. The predicted octanol–water partition coefficient (Wildman–Crippen LogP) is 11.1. The van der Waals surface area contributed by atoms with Crippen molar-refractivity contribution < 1.29 is 97.4 Å². The molecule has 88 heavy (non-hydrogen) atoms. The van der Waals surface area contributed by atoms with E-state index in [9.17, 15) is 79.1 Å². The van der Waals surface area contributed by atoms with E-state index < -0.39 is 124 Å². The molecule has 0 aliphatic rings. The van der Waals surface area contributed by atoms with E-state index in [0.717, 1.165) is 36.4 Å². The smallest absolute Gasteiger partial charge is 0.488 e. The van der Waals surface area contributed by atoms with Crippen molar-refractivity contribution in [1.29, 1.82) is 0 Å². The van der Waals surface area contributed by atoms with Gasteiger partial charge < -0.3 is 27.9 Å². The van der Waals surface area contributed by atoms with Crippen molar-refractivity contribution in [2.45, 2.75) is 9.79 Å². The van der Waals surface area contributed by atoms with Crippen molar-refractivity contribution in [3.8, 4) is 45.5 Å². The highest BCUT2D eigenvalue weighted by Gasteiger charge is 2.33. The number of hydrogen-bond donors (Lipinski definition) is 2. The molecule has 2 N–H and O–H groups in total. The quantitative estimate of drug-likeness (QED) is 0.0294. The molecule has 2 aromatic heterocycles. The van der Waals surface area contributed by atoms with Crippen LogP contribution in [0.2, 0.25) is 0 Å². The summed E-state index contributed by atoms with van der Waals surface area (Å²) in [4.78, 5) is 24.2. The molecule has 0 fully saturated rings. The molecule has 0 bridgehead atoms. The molecule has 14 nitrogen and oxygen atoms in total. The van der Waals surface area contributed by atoms with Gasteiger partial charge in [0.15, 0.2) is 0 Å². The summed E-state index contributed by atoms with van der Waals surface area (Å²) in [5.74, 6) is -28.4. The second-order valence-corrected chi connectivity index (χ2v) is 21.5. The van der Waals surface area contributed by atoms with Crippen LogP contribution in [0.4, 0.5) is 52.7 Å². The minimum atomic E-state index is -5.11. The monoisotopic (exact) mass is 1370 g/mol. The Morgan fingerprint density at radius 3 is 1.16 bits per heavy atom. The first kappa shape index (κ1) is 68.9. The zero-order valence-corrected chi connectivity index (χ0v) is 50.5. The zero-order chi connectivity index (χ0) is 62.9. The highest BCUT2D eigenvalue weighted by Crippen LogP contribution is 2.36. The van der Waals surface area contributed by atoms with Crippen LogP contribution in [-0.2, 0) is 20.2 Å². The highest BCUT2D eigenvalue weighted by atomic mass is 79.9. The molecule has 0 aliphatic heterocycles. The van der Waals surface area contributed by atoms with E-state index in [4.69, 9.17) is 19.5 Å². The van der Waals surface area contributed by atoms with Gasteiger partial charge in [-0.15, -0.1) is 0 Å². The van der Waals surface area contributed by atoms with Crippen LogP contribution in [-0.4, -0.2) is 57.4 Å². The average Bonchev–Trinajstić information content (AvgIpc) is 0.863. The van der Waals surface area contributed by atoms with E-state index in [1.807, 2.05) is 0 Å². The van der Waals surface area contributed by atoms with E-state index in [1.165, 1.54) is 84.0 Å². The van der Waals surface area contributed by atoms with Crippen molar-refractivity contribution in [3.63, 3.8) is 0 Å². The van der Waals surface area contributed by atoms with Gasteiger partial charge in [0.05, 0.1) is 36.6 Å². The Bertz CT molecular complexity index is 4640. The Kier molecular flexibility index (Phi) is 21.8. The number of methoxy groups -OCH3 is 2. The van der Waals surface area contributed by atoms with Crippen molar-refractivity contribution in [3.05, 3.63) is 241 Å². The van der Waals surface area contributed by atoms with Gasteiger partial charge in [0, 0.05) is 27.4 Å². The van der Waals surface area contributed by atoms with Gasteiger partial charge in [-0.2, -0.15) is 54.2 Å². The third-order valence-electron chi connectivity index (χ3n) is 12.2. The highest BCUT2D eigenvalue weighted by molar-refractivity contribution is 9.10. The second kappa shape index (κ2) is 27.9. The molecular weight excluding hydrogens is 1340 g/mol. The van der Waals surface area contributed by atoms with E-state index in [2.05, 4.69) is 24.3 Å². The molecule has 0 radical (unpaired) electrons. The Morgan fingerprint density at radius 1 is 0.420 bits per heavy atom. The number of halogens is 13. The first-order valence-corrected chi connectivity index (χ1v) is 27.3. The second-order valence-electron chi connectivity index (χ2n) is 17.5. The van der Waals surface area contributed by atoms with Crippen molar-refractivity contribution in [2.75, 3.05) is 14.2 Å². The van der Waals surface area contributed by atoms with Gasteiger partial charge in [0.1, 0.15) is 32.9 Å². The number of nitrogens with zero attached hydrogens (tertiary/aromatic N) is 2. The van der Waals surface area contributed by atoms with Gasteiger partial charge in [0.2, 0.25) is 69.7 Å². The van der Waals surface area contributed by atoms with Gasteiger partial charge in [0.25, 0.3) is 11.1 Å². The molecular formula is C56H38BBrF12N2O12P2S2. The molecule has 0 saturated carbocycles. The summed E-state index contributed by atoms with van der Waals surface area (Å²) in [6.45, 7) is 0. The lowest BCUT2D eigenvalue weighted by molar-refractivity contribution is 0.346. The summed E-state index contributed by atoms with van der Waals surface area (Å²) < 4.78 is 235. The molecule has 0 spiro atoms. The van der Waals surface area contributed by atoms with Crippen LogP contribution in [0.1, 0.15) is 0 Å². The summed E-state index contributed by atoms with van der Waals surface area (Å²) in [5, 5.41) is 17.4. The maximum absolute atomic E-state index is 14.0. The number of benzene rings is 8. The van der Waals surface area contributed by atoms with Crippen LogP contribution in [0.15, 0.2) is 169 Å². The Balaban J connectivity index is 0.000000239. The van der Waals surface area contributed by atoms with Crippen LogP contribution in [0.3, 0.4) is 0 Å². The molecule has 8 aromatic carbocycles. The topological polar surface area (TPSA) is 190 Å². The molecule has 460 valence electrons. The van der Waals surface area contributed by atoms with Gasteiger partial charge in [-0.3, -0.25) is 18.7 Å². The fourth-order valence-corrected chi connectivity index (χ4v) is 10.3. The van der Waals surface area contributed by atoms with Crippen LogP contribution in [0.5, 0.6) is 23.0 Å². The summed E-state index contributed by atoms with van der Waals surface area (Å²) in [6, 6.07) is 31.5. The summed E-state index contributed by atoms with van der Waals surface area (Å²) >= 11 is 3.29. The predicted molar refractivity (Wildman–Crippen MR) is 312 cm³/mol. The molecule has 0 aliphatic carbocycles. The van der Waals surface area contributed by atoms with Crippen LogP contribution >= 0.6 is 35.7 Å². The molecule has 10 rings (SSSR count). The van der Waals surface area contributed by atoms with E-state index in [1.54, 1.807) is 48.5 Å². The number of aromatic nitrogens is 2. The summed E-state index contributed by atoms with van der Waals surface area (Å²) in [5.41, 5.74) is 1.62. The number of ether oxygens (including phenoxy) is 2. The van der Waals surface area contributed by atoms with Crippen molar-refractivity contribution in [1.82, 2.24) is 9.13 Å². The van der Waals surface area contributed by atoms with Crippen molar-refractivity contribution >= 4 is 90.4 Å². The number of fused-ring (bicyclic) bond motifs is 2. The van der Waals surface area contributed by atoms with Gasteiger partial charge in [-0.1, -0.05) is 46.3 Å². The first-order valence-electron chi connectivity index (χ1n) is 23.7. The average molecular weight is 1380 g/mol. The maximum Gasteiger partial charge on any atom is 0.488 e. The van der Waals surface area contributed by atoms with E-state index in [0.29, 0.717) is 32.5 Å². The fraction of sp³-hybridized carbons (Fsp3) is 0.0357. The molecule has 2 atom stereocenters. The normalized spacial score (nSPS) is 11.1. The number of hydrogen-bond acceptors (Lipinski definition) is 12. The summed E-state index contributed by atoms with van der Waals surface area (Å²) in [6.07, 6.45) is 0. The lowest BCUT2D eigenvalue weighted by atomic mass is 9.80. The lowest BCUT2D eigenvalue weighted by Gasteiger charge is -2.16. The van der Waals surface area contributed by atoms with Crippen molar-refractivity contribution in [2.24, 2.45) is 0 Å². The fourth-order valence-electron chi connectivity index (χ4n) is 8.04. The molecule has 32 heteroatoms. The molecule has 0 saturated heterocycles. The van der Waals surface area contributed by atoms with Crippen LogP contribution < -0.4 is 34.4 Å². The first-order chi connectivity index (χ1) is 40.6. The number of rotatable bonds is 12. The number of pyridine rings is 2. The molecule has 2 unspecified atom stereocenters. The van der Waals surface area contributed by atoms with Gasteiger partial charge in [-0.25, -0.2) is 35.1 Å². The molecule has 0 amide bonds. The van der Waals surface area contributed by atoms with E-state index >= 15 is 0 Å². The third-order valence-corrected chi connectivity index (χ3v) is 15.1. The summed E-state index contributed by atoms with van der Waals surface area (Å²) in [7, 11) is -8.92.